The summed E-state index contributed by atoms with van der Waals surface area (Å²) in [5, 5.41) is 0. The molecule has 120 valence electrons. The molecule has 0 atom stereocenters. The Hall–Kier alpha value is -2.67. The van der Waals surface area contributed by atoms with Crippen LogP contribution in [-0.4, -0.2) is 26.5 Å². The number of sulfone groups is 1. The monoisotopic (exact) mass is 331 g/mol. The van der Waals surface area contributed by atoms with Crippen LogP contribution in [0.4, 0.5) is 0 Å². The molecule has 6 nitrogen and oxygen atoms in total. The minimum absolute atomic E-state index is 0.0954. The van der Waals surface area contributed by atoms with E-state index in [-0.39, 0.29) is 16.4 Å². The minimum Gasteiger partial charge on any atom is -0.370 e. The summed E-state index contributed by atoms with van der Waals surface area (Å²) in [6.45, 7) is 0. The highest BCUT2D eigenvalue weighted by molar-refractivity contribution is 7.90. The van der Waals surface area contributed by atoms with Gasteiger partial charge in [-0.3, -0.25) is 4.79 Å². The van der Waals surface area contributed by atoms with Gasteiger partial charge in [-0.2, -0.15) is 4.99 Å². The van der Waals surface area contributed by atoms with E-state index in [1.807, 2.05) is 30.3 Å². The maximum atomic E-state index is 12.0. The number of amides is 1. The first-order chi connectivity index (χ1) is 10.8. The van der Waals surface area contributed by atoms with Crippen molar-refractivity contribution in [3.63, 3.8) is 0 Å². The van der Waals surface area contributed by atoms with Crippen molar-refractivity contribution in [1.82, 2.24) is 0 Å². The molecule has 2 aromatic rings. The van der Waals surface area contributed by atoms with Crippen molar-refractivity contribution in [1.29, 1.82) is 0 Å². The second-order valence-corrected chi connectivity index (χ2v) is 7.08. The number of benzene rings is 2. The van der Waals surface area contributed by atoms with Crippen LogP contribution in [0.25, 0.3) is 0 Å². The van der Waals surface area contributed by atoms with E-state index in [1.165, 1.54) is 12.1 Å². The van der Waals surface area contributed by atoms with Crippen molar-refractivity contribution >= 4 is 21.7 Å². The van der Waals surface area contributed by atoms with Crippen LogP contribution in [0.5, 0.6) is 0 Å². The van der Waals surface area contributed by atoms with E-state index in [2.05, 4.69) is 4.99 Å². The lowest BCUT2D eigenvalue weighted by molar-refractivity contribution is 0.100. The Morgan fingerprint density at radius 1 is 1.09 bits per heavy atom. The molecule has 0 spiro atoms. The van der Waals surface area contributed by atoms with Gasteiger partial charge in [0.2, 0.25) is 0 Å². The van der Waals surface area contributed by atoms with Gasteiger partial charge in [0, 0.05) is 11.8 Å². The summed E-state index contributed by atoms with van der Waals surface area (Å²) in [7, 11) is -3.50. The average Bonchev–Trinajstić information content (AvgIpc) is 2.46. The van der Waals surface area contributed by atoms with Crippen LogP contribution in [0, 0.1) is 0 Å². The van der Waals surface area contributed by atoms with Crippen LogP contribution < -0.4 is 11.5 Å². The lowest BCUT2D eigenvalue weighted by Crippen LogP contribution is -2.24. The third-order valence-corrected chi connectivity index (χ3v) is 4.36. The van der Waals surface area contributed by atoms with Gasteiger partial charge < -0.3 is 11.5 Å². The van der Waals surface area contributed by atoms with Crippen molar-refractivity contribution in [2.75, 3.05) is 6.26 Å². The topological polar surface area (TPSA) is 116 Å². The molecule has 0 radical (unpaired) electrons. The molecule has 0 aliphatic rings. The number of carbonyl (C=O) groups is 1. The zero-order valence-corrected chi connectivity index (χ0v) is 13.4. The van der Waals surface area contributed by atoms with Crippen LogP contribution in [0.1, 0.15) is 21.5 Å². The zero-order chi connectivity index (χ0) is 17.0. The molecule has 4 N–H and O–H groups in total. The number of nitrogens with two attached hydrogens (primary N) is 2. The van der Waals surface area contributed by atoms with Gasteiger partial charge in [0.15, 0.2) is 15.8 Å². The largest absolute Gasteiger partial charge is 0.370 e. The van der Waals surface area contributed by atoms with Crippen LogP contribution in [0.15, 0.2) is 58.4 Å². The van der Waals surface area contributed by atoms with E-state index in [0.29, 0.717) is 12.0 Å². The lowest BCUT2D eigenvalue weighted by Gasteiger charge is -2.10. The molecule has 0 saturated carbocycles. The predicted octanol–water partition coefficient (Wildman–Crippen LogP) is 1.09. The van der Waals surface area contributed by atoms with E-state index in [0.717, 1.165) is 11.8 Å². The maximum absolute atomic E-state index is 12.0. The fourth-order valence-electron chi connectivity index (χ4n) is 2.18. The molecule has 0 fully saturated rings. The van der Waals surface area contributed by atoms with Gasteiger partial charge in [-0.05, 0) is 29.7 Å². The first kappa shape index (κ1) is 16.7. The molecule has 0 aliphatic carbocycles. The molecule has 2 rings (SSSR count). The fraction of sp³-hybridized carbons (Fsp3) is 0.125. The Bertz CT molecular complexity index is 855. The standard InChI is InChI=1S/C16H17N3O3S/c1-23(21,22)14-10-13(15(20)19-16(17)18)8-7-12(14)9-11-5-3-2-4-6-11/h2-8,10H,9H2,1H3,(H4,17,18,19,20). The second kappa shape index (κ2) is 6.62. The molecule has 1 amide bonds. The van der Waals surface area contributed by atoms with Crippen LogP contribution in [-0.2, 0) is 16.3 Å². The molecule has 2 aromatic carbocycles. The van der Waals surface area contributed by atoms with Gasteiger partial charge >= 0.3 is 0 Å². The quantitative estimate of drug-likeness (QED) is 0.643. The molecule has 0 aliphatic heterocycles. The maximum Gasteiger partial charge on any atom is 0.280 e. The molecule has 23 heavy (non-hydrogen) atoms. The molecule has 0 heterocycles. The molecule has 0 saturated heterocycles. The summed E-state index contributed by atoms with van der Waals surface area (Å²) < 4.78 is 24.1. The SMILES string of the molecule is CS(=O)(=O)c1cc(C(=O)N=C(N)N)ccc1Cc1ccccc1. The van der Waals surface area contributed by atoms with Crippen molar-refractivity contribution < 1.29 is 13.2 Å². The Labute approximate surface area is 134 Å². The van der Waals surface area contributed by atoms with Crippen molar-refractivity contribution in [3.8, 4) is 0 Å². The number of aliphatic imine (C=N–C) groups is 1. The number of carbonyl (C=O) groups excluding carboxylic acids is 1. The number of hydrogen-bond donors (Lipinski definition) is 2. The predicted molar refractivity (Wildman–Crippen MR) is 88.9 cm³/mol. The molecular formula is C16H17N3O3S. The smallest absolute Gasteiger partial charge is 0.280 e. The molecule has 7 heteroatoms. The Kier molecular flexibility index (Phi) is 4.80. The zero-order valence-electron chi connectivity index (χ0n) is 12.6. The van der Waals surface area contributed by atoms with Gasteiger partial charge in [-0.15, -0.1) is 0 Å². The summed E-state index contributed by atoms with van der Waals surface area (Å²) in [6.07, 6.45) is 1.55. The Morgan fingerprint density at radius 3 is 2.30 bits per heavy atom. The van der Waals surface area contributed by atoms with Gasteiger partial charge in [0.25, 0.3) is 5.91 Å². The van der Waals surface area contributed by atoms with Crippen LogP contribution in [0.2, 0.25) is 0 Å². The highest BCUT2D eigenvalue weighted by Gasteiger charge is 2.17. The summed E-state index contributed by atoms with van der Waals surface area (Å²) in [6, 6.07) is 13.9. The number of nitrogens with zero attached hydrogens (tertiary/aromatic N) is 1. The van der Waals surface area contributed by atoms with E-state index >= 15 is 0 Å². The van der Waals surface area contributed by atoms with Crippen LogP contribution in [0.3, 0.4) is 0 Å². The lowest BCUT2D eigenvalue weighted by atomic mass is 10.0. The summed E-state index contributed by atoms with van der Waals surface area (Å²) in [4.78, 5) is 15.4. The van der Waals surface area contributed by atoms with Gasteiger partial charge in [-0.25, -0.2) is 8.42 Å². The Balaban J connectivity index is 2.48. The summed E-state index contributed by atoms with van der Waals surface area (Å²) >= 11 is 0. The highest BCUT2D eigenvalue weighted by Crippen LogP contribution is 2.21. The molecule has 0 bridgehead atoms. The summed E-state index contributed by atoms with van der Waals surface area (Å²) in [5.74, 6) is -1.05. The minimum atomic E-state index is -3.50. The number of guanidine groups is 1. The highest BCUT2D eigenvalue weighted by atomic mass is 32.2. The van der Waals surface area contributed by atoms with Crippen molar-refractivity contribution in [2.45, 2.75) is 11.3 Å². The molecule has 0 aromatic heterocycles. The third kappa shape index (κ3) is 4.40. The van der Waals surface area contributed by atoms with E-state index in [9.17, 15) is 13.2 Å². The third-order valence-electron chi connectivity index (χ3n) is 3.18. The first-order valence-electron chi connectivity index (χ1n) is 6.78. The van der Waals surface area contributed by atoms with Gasteiger partial charge in [0.1, 0.15) is 0 Å². The van der Waals surface area contributed by atoms with Crippen molar-refractivity contribution in [3.05, 3.63) is 65.2 Å². The Morgan fingerprint density at radius 2 is 1.74 bits per heavy atom. The molecule has 0 unspecified atom stereocenters. The summed E-state index contributed by atoms with van der Waals surface area (Å²) in [5.41, 5.74) is 12.1. The van der Waals surface area contributed by atoms with E-state index in [4.69, 9.17) is 11.5 Å². The molecular weight excluding hydrogens is 314 g/mol. The van der Waals surface area contributed by atoms with Crippen LogP contribution >= 0.6 is 0 Å². The van der Waals surface area contributed by atoms with E-state index < -0.39 is 15.7 Å². The van der Waals surface area contributed by atoms with E-state index in [1.54, 1.807) is 6.07 Å². The van der Waals surface area contributed by atoms with Gasteiger partial charge in [-0.1, -0.05) is 36.4 Å². The van der Waals surface area contributed by atoms with Crippen molar-refractivity contribution in [2.24, 2.45) is 16.5 Å². The normalized spacial score (nSPS) is 11.0. The number of hydrogen-bond acceptors (Lipinski definition) is 3. The number of rotatable bonds is 4. The first-order valence-corrected chi connectivity index (χ1v) is 8.67. The fourth-order valence-corrected chi connectivity index (χ4v) is 3.13. The average molecular weight is 331 g/mol. The van der Waals surface area contributed by atoms with Gasteiger partial charge in [0.05, 0.1) is 4.90 Å². The second-order valence-electron chi connectivity index (χ2n) is 5.10.